The smallest absolute Gasteiger partial charge is 0.303 e. The van der Waals surface area contributed by atoms with Gasteiger partial charge < -0.3 is 5.11 Å². The third kappa shape index (κ3) is 2.52. The number of carboxylic acid groups (broad SMARTS) is 1. The topological polar surface area (TPSA) is 37.3 Å². The maximum Gasteiger partial charge on any atom is 0.303 e. The lowest BCUT2D eigenvalue weighted by molar-refractivity contribution is -0.138. The van der Waals surface area contributed by atoms with Gasteiger partial charge in [-0.15, -0.1) is 0 Å². The number of hydrogen-bond acceptors (Lipinski definition) is 1. The van der Waals surface area contributed by atoms with E-state index in [1.807, 2.05) is 0 Å². The Morgan fingerprint density at radius 2 is 1.61 bits per heavy atom. The molecule has 2 saturated carbocycles. The van der Waals surface area contributed by atoms with Gasteiger partial charge in [0.1, 0.15) is 0 Å². The summed E-state index contributed by atoms with van der Waals surface area (Å²) in [6.45, 7) is 0. The van der Waals surface area contributed by atoms with Gasteiger partial charge in [-0.25, -0.2) is 0 Å². The minimum atomic E-state index is -0.643. The predicted octanol–water partition coefficient (Wildman–Crippen LogP) is 3.65. The van der Waals surface area contributed by atoms with Crippen LogP contribution < -0.4 is 0 Å². The molecule has 4 aliphatic carbocycles. The lowest BCUT2D eigenvalue weighted by atomic mass is 9.91. The quantitative estimate of drug-likeness (QED) is 0.755. The van der Waals surface area contributed by atoms with E-state index in [2.05, 4.69) is 24.3 Å². The molecule has 4 bridgehead atoms. The lowest BCUT2D eigenvalue weighted by Crippen LogP contribution is -2.11. The molecule has 5 atom stereocenters. The summed E-state index contributed by atoms with van der Waals surface area (Å²) in [7, 11) is 0. The van der Waals surface area contributed by atoms with Crippen molar-refractivity contribution in [3.8, 4) is 0 Å². The third-order valence-electron chi connectivity index (χ3n) is 5.02. The fourth-order valence-corrected chi connectivity index (χ4v) is 4.07. The highest BCUT2D eigenvalue weighted by Crippen LogP contribution is 2.44. The van der Waals surface area contributed by atoms with Crippen LogP contribution in [-0.4, -0.2) is 11.1 Å². The summed E-state index contributed by atoms with van der Waals surface area (Å²) in [5.41, 5.74) is 0. The maximum atomic E-state index is 10.4. The summed E-state index contributed by atoms with van der Waals surface area (Å²) in [5, 5.41) is 8.58. The van der Waals surface area contributed by atoms with Crippen LogP contribution in [0.2, 0.25) is 0 Å². The highest BCUT2D eigenvalue weighted by molar-refractivity contribution is 5.67. The van der Waals surface area contributed by atoms with Gasteiger partial charge in [-0.2, -0.15) is 0 Å². The maximum absolute atomic E-state index is 10.4. The largest absolute Gasteiger partial charge is 0.481 e. The first kappa shape index (κ1) is 12.0. The first-order chi connectivity index (χ1) is 8.70. The van der Waals surface area contributed by atoms with Crippen LogP contribution in [0, 0.1) is 29.6 Å². The first-order valence-corrected chi connectivity index (χ1v) is 7.29. The number of aliphatic carboxylic acids is 1. The molecule has 0 aromatic heterocycles. The van der Waals surface area contributed by atoms with Crippen LogP contribution in [0.4, 0.5) is 0 Å². The van der Waals surface area contributed by atoms with E-state index in [9.17, 15) is 4.79 Å². The van der Waals surface area contributed by atoms with E-state index >= 15 is 0 Å². The summed E-state index contributed by atoms with van der Waals surface area (Å²) in [6.07, 6.45) is 16.3. The SMILES string of the molecule is C1=CC2CCC1C2.O=C(O)CC1CC2C=CC1C2. The summed E-state index contributed by atoms with van der Waals surface area (Å²) < 4.78 is 0. The van der Waals surface area contributed by atoms with Crippen LogP contribution in [-0.2, 0) is 4.79 Å². The van der Waals surface area contributed by atoms with Gasteiger partial charge in [-0.3, -0.25) is 4.79 Å². The van der Waals surface area contributed by atoms with E-state index in [4.69, 9.17) is 5.11 Å². The molecule has 18 heavy (non-hydrogen) atoms. The molecule has 4 aliphatic rings. The third-order valence-corrected chi connectivity index (χ3v) is 5.02. The fourth-order valence-electron chi connectivity index (χ4n) is 4.07. The molecule has 98 valence electrons. The molecule has 0 spiro atoms. The van der Waals surface area contributed by atoms with E-state index < -0.39 is 5.97 Å². The monoisotopic (exact) mass is 246 g/mol. The van der Waals surface area contributed by atoms with Crippen LogP contribution in [0.25, 0.3) is 0 Å². The van der Waals surface area contributed by atoms with Crippen molar-refractivity contribution in [2.24, 2.45) is 29.6 Å². The van der Waals surface area contributed by atoms with Crippen molar-refractivity contribution in [1.82, 2.24) is 0 Å². The van der Waals surface area contributed by atoms with Gasteiger partial charge >= 0.3 is 5.97 Å². The molecule has 0 aliphatic heterocycles. The highest BCUT2D eigenvalue weighted by Gasteiger charge is 2.36. The van der Waals surface area contributed by atoms with Gasteiger partial charge in [0, 0.05) is 6.42 Å². The minimum Gasteiger partial charge on any atom is -0.481 e. The van der Waals surface area contributed by atoms with E-state index in [0.29, 0.717) is 24.2 Å². The molecular formula is C16H22O2. The van der Waals surface area contributed by atoms with Crippen LogP contribution in [0.1, 0.15) is 38.5 Å². The summed E-state index contributed by atoms with van der Waals surface area (Å²) >= 11 is 0. The molecule has 4 rings (SSSR count). The molecular weight excluding hydrogens is 224 g/mol. The molecule has 2 nitrogen and oxygen atoms in total. The Labute approximate surface area is 109 Å². The lowest BCUT2D eigenvalue weighted by Gasteiger charge is -2.14. The Balaban J connectivity index is 0.000000122. The number of fused-ring (bicyclic) bond motifs is 4. The number of allylic oxidation sites excluding steroid dienone is 4. The van der Waals surface area contributed by atoms with Crippen molar-refractivity contribution in [3.63, 3.8) is 0 Å². The number of carboxylic acids is 1. The summed E-state index contributed by atoms with van der Waals surface area (Å²) in [4.78, 5) is 10.4. The van der Waals surface area contributed by atoms with Gasteiger partial charge in [0.05, 0.1) is 0 Å². The van der Waals surface area contributed by atoms with E-state index in [1.54, 1.807) is 0 Å². The Bertz CT molecular complexity index is 371. The van der Waals surface area contributed by atoms with Crippen molar-refractivity contribution in [2.45, 2.75) is 38.5 Å². The molecule has 5 unspecified atom stereocenters. The normalized spacial score (nSPS) is 42.1. The second-order valence-electron chi connectivity index (χ2n) is 6.36. The van der Waals surface area contributed by atoms with Gasteiger partial charge in [-0.05, 0) is 61.7 Å². The minimum absolute atomic E-state index is 0.367. The van der Waals surface area contributed by atoms with Crippen molar-refractivity contribution >= 4 is 5.97 Å². The Hall–Kier alpha value is -1.05. The van der Waals surface area contributed by atoms with Crippen molar-refractivity contribution in [2.75, 3.05) is 0 Å². The van der Waals surface area contributed by atoms with Crippen LogP contribution >= 0.6 is 0 Å². The summed E-state index contributed by atoms with van der Waals surface area (Å²) in [5.74, 6) is 3.05. The van der Waals surface area contributed by atoms with Crippen molar-refractivity contribution < 1.29 is 9.90 Å². The number of carbonyl (C=O) groups is 1. The van der Waals surface area contributed by atoms with Gasteiger partial charge in [-0.1, -0.05) is 24.3 Å². The molecule has 0 aromatic carbocycles. The second kappa shape index (κ2) is 4.91. The van der Waals surface area contributed by atoms with Gasteiger partial charge in [0.25, 0.3) is 0 Å². The van der Waals surface area contributed by atoms with Crippen molar-refractivity contribution in [1.29, 1.82) is 0 Å². The zero-order chi connectivity index (χ0) is 12.5. The fraction of sp³-hybridized carbons (Fsp3) is 0.688. The molecule has 0 aromatic rings. The highest BCUT2D eigenvalue weighted by atomic mass is 16.4. The molecule has 0 radical (unpaired) electrons. The Morgan fingerprint density at radius 1 is 0.944 bits per heavy atom. The Morgan fingerprint density at radius 3 is 1.94 bits per heavy atom. The molecule has 0 amide bonds. The van der Waals surface area contributed by atoms with Crippen molar-refractivity contribution in [3.05, 3.63) is 24.3 Å². The van der Waals surface area contributed by atoms with E-state index in [1.165, 1.54) is 25.7 Å². The average molecular weight is 246 g/mol. The molecule has 0 heterocycles. The van der Waals surface area contributed by atoms with Crippen LogP contribution in [0.5, 0.6) is 0 Å². The standard InChI is InChI=1S/C9H12O2.C7H10/c10-9(11)5-8-4-6-1-2-7(8)3-6;1-2-7-4-3-6(1)5-7/h1-2,6-8H,3-5H2,(H,10,11);1-2,6-7H,3-5H2. The number of rotatable bonds is 2. The molecule has 1 N–H and O–H groups in total. The second-order valence-corrected chi connectivity index (χ2v) is 6.36. The van der Waals surface area contributed by atoms with Crippen LogP contribution in [0.15, 0.2) is 24.3 Å². The average Bonchev–Trinajstić information content (AvgIpc) is 3.10. The zero-order valence-corrected chi connectivity index (χ0v) is 10.8. The zero-order valence-electron chi connectivity index (χ0n) is 10.8. The Kier molecular flexibility index (Phi) is 3.27. The van der Waals surface area contributed by atoms with Gasteiger partial charge in [0.2, 0.25) is 0 Å². The predicted molar refractivity (Wildman–Crippen MR) is 71.1 cm³/mol. The molecule has 2 heteroatoms. The molecule has 0 saturated heterocycles. The van der Waals surface area contributed by atoms with Gasteiger partial charge in [0.15, 0.2) is 0 Å². The van der Waals surface area contributed by atoms with E-state index in [-0.39, 0.29) is 0 Å². The van der Waals surface area contributed by atoms with E-state index in [0.717, 1.165) is 18.3 Å². The summed E-state index contributed by atoms with van der Waals surface area (Å²) in [6, 6.07) is 0. The first-order valence-electron chi connectivity index (χ1n) is 7.29. The molecule has 2 fully saturated rings. The van der Waals surface area contributed by atoms with Crippen LogP contribution in [0.3, 0.4) is 0 Å². The number of hydrogen-bond donors (Lipinski definition) is 1.